The predicted octanol–water partition coefficient (Wildman–Crippen LogP) is 1.79. The van der Waals surface area contributed by atoms with Gasteiger partial charge in [0.2, 0.25) is 0 Å². The number of carbonyl (C=O) groups excluding carboxylic acids is 3. The van der Waals surface area contributed by atoms with E-state index in [4.69, 9.17) is 9.47 Å². The first-order valence-corrected chi connectivity index (χ1v) is 9.85. The topological polar surface area (TPSA) is 109 Å². The molecule has 1 saturated heterocycles. The molecule has 9 nitrogen and oxygen atoms in total. The molecular formula is C22H24N4O5. The molecule has 3 rings (SSSR count). The molecule has 1 aliphatic rings. The van der Waals surface area contributed by atoms with Gasteiger partial charge in [0.05, 0.1) is 13.3 Å². The van der Waals surface area contributed by atoms with E-state index in [0.29, 0.717) is 22.7 Å². The zero-order chi connectivity index (χ0) is 22.1. The average molecular weight is 424 g/mol. The van der Waals surface area contributed by atoms with Crippen LogP contribution in [0.25, 0.3) is 0 Å². The van der Waals surface area contributed by atoms with Crippen LogP contribution in [-0.4, -0.2) is 55.6 Å². The molecule has 1 aliphatic heterocycles. The van der Waals surface area contributed by atoms with Crippen LogP contribution in [0.2, 0.25) is 0 Å². The highest BCUT2D eigenvalue weighted by Gasteiger charge is 2.18. The van der Waals surface area contributed by atoms with Crippen LogP contribution in [0.15, 0.2) is 53.6 Å². The van der Waals surface area contributed by atoms with Crippen molar-refractivity contribution < 1.29 is 23.9 Å². The molecule has 0 spiro atoms. The average Bonchev–Trinajstić information content (AvgIpc) is 3.34. The van der Waals surface area contributed by atoms with E-state index in [1.165, 1.54) is 13.3 Å². The van der Waals surface area contributed by atoms with Gasteiger partial charge in [-0.1, -0.05) is 12.1 Å². The molecule has 0 saturated carbocycles. The highest BCUT2D eigenvalue weighted by molar-refractivity contribution is 6.39. The van der Waals surface area contributed by atoms with Crippen LogP contribution >= 0.6 is 0 Å². The van der Waals surface area contributed by atoms with Gasteiger partial charge in [-0.25, -0.2) is 5.43 Å². The molecule has 0 bridgehead atoms. The summed E-state index contributed by atoms with van der Waals surface area (Å²) in [5, 5.41) is 6.28. The van der Waals surface area contributed by atoms with Crippen molar-refractivity contribution in [2.45, 2.75) is 12.8 Å². The highest BCUT2D eigenvalue weighted by Crippen LogP contribution is 2.17. The number of ether oxygens (including phenoxy) is 2. The van der Waals surface area contributed by atoms with Crippen LogP contribution in [0.3, 0.4) is 0 Å². The summed E-state index contributed by atoms with van der Waals surface area (Å²) in [7, 11) is 1.54. The summed E-state index contributed by atoms with van der Waals surface area (Å²) >= 11 is 0. The Morgan fingerprint density at radius 1 is 1.03 bits per heavy atom. The molecule has 9 heteroatoms. The Bertz CT molecular complexity index is 953. The van der Waals surface area contributed by atoms with Gasteiger partial charge >= 0.3 is 11.8 Å². The van der Waals surface area contributed by atoms with Gasteiger partial charge in [-0.05, 0) is 49.2 Å². The van der Waals surface area contributed by atoms with Crippen molar-refractivity contribution in [2.75, 3.05) is 32.1 Å². The first-order valence-electron chi connectivity index (χ1n) is 9.85. The summed E-state index contributed by atoms with van der Waals surface area (Å²) in [6.45, 7) is 1.45. The number of carbonyl (C=O) groups is 3. The number of methoxy groups -OCH3 is 1. The molecule has 1 fully saturated rings. The van der Waals surface area contributed by atoms with Crippen molar-refractivity contribution >= 4 is 29.6 Å². The minimum Gasteiger partial charge on any atom is -0.497 e. The van der Waals surface area contributed by atoms with Gasteiger partial charge in [0, 0.05) is 24.3 Å². The lowest BCUT2D eigenvalue weighted by molar-refractivity contribution is -0.136. The molecule has 1 heterocycles. The summed E-state index contributed by atoms with van der Waals surface area (Å²) in [4.78, 5) is 37.9. The fourth-order valence-electron chi connectivity index (χ4n) is 2.99. The van der Waals surface area contributed by atoms with Crippen molar-refractivity contribution in [3.05, 3.63) is 54.1 Å². The van der Waals surface area contributed by atoms with E-state index < -0.39 is 11.8 Å². The Morgan fingerprint density at radius 3 is 2.45 bits per heavy atom. The third-order valence-corrected chi connectivity index (χ3v) is 4.65. The minimum atomic E-state index is -0.922. The van der Waals surface area contributed by atoms with E-state index >= 15 is 0 Å². The number of likely N-dealkylation sites (tertiary alicyclic amines) is 1. The monoisotopic (exact) mass is 424 g/mol. The number of hydrogen-bond donors (Lipinski definition) is 2. The lowest BCUT2D eigenvalue weighted by Crippen LogP contribution is -2.32. The van der Waals surface area contributed by atoms with Crippen LogP contribution in [0.4, 0.5) is 5.69 Å². The number of nitrogens with one attached hydrogen (secondary N) is 2. The van der Waals surface area contributed by atoms with E-state index in [2.05, 4.69) is 15.8 Å². The molecule has 162 valence electrons. The normalized spacial score (nSPS) is 13.1. The number of anilines is 1. The third kappa shape index (κ3) is 6.30. The van der Waals surface area contributed by atoms with Crippen LogP contribution in [0.5, 0.6) is 11.5 Å². The van der Waals surface area contributed by atoms with Crippen molar-refractivity contribution in [3.8, 4) is 11.5 Å². The minimum absolute atomic E-state index is 0.0623. The van der Waals surface area contributed by atoms with Gasteiger partial charge < -0.3 is 19.7 Å². The summed E-state index contributed by atoms with van der Waals surface area (Å²) < 4.78 is 10.7. The van der Waals surface area contributed by atoms with Gasteiger partial charge in [-0.3, -0.25) is 14.4 Å². The van der Waals surface area contributed by atoms with E-state index in [9.17, 15) is 14.4 Å². The largest absolute Gasteiger partial charge is 0.497 e. The number of amides is 3. The van der Waals surface area contributed by atoms with Crippen molar-refractivity contribution in [1.82, 2.24) is 10.3 Å². The summed E-state index contributed by atoms with van der Waals surface area (Å²) in [6.07, 6.45) is 3.38. The van der Waals surface area contributed by atoms with Crippen molar-refractivity contribution in [2.24, 2.45) is 5.10 Å². The van der Waals surface area contributed by atoms with Crippen LogP contribution in [0, 0.1) is 0 Å². The Morgan fingerprint density at radius 2 is 1.74 bits per heavy atom. The standard InChI is InChI=1S/C22H24N4O5/c1-30-18-10-8-17(9-11-18)24-21(28)22(29)25-23-14-16-6-2-3-7-19(16)31-15-20(27)26-12-4-5-13-26/h2-3,6-11,14H,4-5,12-13,15H2,1H3,(H,24,28)(H,25,29)/b23-14-. The maximum atomic E-state index is 12.2. The fraction of sp³-hybridized carbons (Fsp3) is 0.273. The second kappa shape index (κ2) is 10.8. The first kappa shape index (κ1) is 21.8. The quantitative estimate of drug-likeness (QED) is 0.400. The number of benzene rings is 2. The third-order valence-electron chi connectivity index (χ3n) is 4.65. The van der Waals surface area contributed by atoms with Crippen LogP contribution in [0.1, 0.15) is 18.4 Å². The van der Waals surface area contributed by atoms with Gasteiger partial charge in [-0.2, -0.15) is 5.10 Å². The maximum Gasteiger partial charge on any atom is 0.329 e. The Kier molecular flexibility index (Phi) is 7.58. The van der Waals surface area contributed by atoms with Gasteiger partial charge in [0.15, 0.2) is 6.61 Å². The summed E-state index contributed by atoms with van der Waals surface area (Å²) in [6, 6.07) is 13.5. The fourth-order valence-corrected chi connectivity index (χ4v) is 2.99. The van der Waals surface area contributed by atoms with E-state index in [-0.39, 0.29) is 12.5 Å². The molecule has 0 aromatic heterocycles. The lowest BCUT2D eigenvalue weighted by Gasteiger charge is -2.16. The molecule has 0 radical (unpaired) electrons. The van der Waals surface area contributed by atoms with Gasteiger partial charge in [0.1, 0.15) is 11.5 Å². The molecule has 31 heavy (non-hydrogen) atoms. The molecule has 0 aliphatic carbocycles. The molecule has 2 aromatic rings. The van der Waals surface area contributed by atoms with Crippen LogP contribution < -0.4 is 20.2 Å². The zero-order valence-electron chi connectivity index (χ0n) is 17.2. The molecule has 0 atom stereocenters. The Balaban J connectivity index is 1.51. The molecule has 3 amide bonds. The first-order chi connectivity index (χ1) is 15.1. The molecule has 0 unspecified atom stereocenters. The van der Waals surface area contributed by atoms with Crippen molar-refractivity contribution in [1.29, 1.82) is 0 Å². The van der Waals surface area contributed by atoms with Crippen molar-refractivity contribution in [3.63, 3.8) is 0 Å². The number of rotatable bonds is 7. The van der Waals surface area contributed by atoms with E-state index in [1.807, 2.05) is 0 Å². The Hall–Kier alpha value is -3.88. The second-order valence-electron chi connectivity index (χ2n) is 6.80. The lowest BCUT2D eigenvalue weighted by atomic mass is 10.2. The zero-order valence-corrected chi connectivity index (χ0v) is 17.2. The molecule has 2 N–H and O–H groups in total. The SMILES string of the molecule is COc1ccc(NC(=O)C(=O)N/N=C\c2ccccc2OCC(=O)N2CCCC2)cc1. The van der Waals surface area contributed by atoms with E-state index in [0.717, 1.165) is 25.9 Å². The molecular weight excluding hydrogens is 400 g/mol. The number of hydrogen-bond acceptors (Lipinski definition) is 6. The summed E-state index contributed by atoms with van der Waals surface area (Å²) in [5.41, 5.74) is 3.19. The smallest absolute Gasteiger partial charge is 0.329 e. The number of para-hydroxylation sites is 1. The van der Waals surface area contributed by atoms with Crippen LogP contribution in [-0.2, 0) is 14.4 Å². The van der Waals surface area contributed by atoms with Gasteiger partial charge in [0.25, 0.3) is 5.91 Å². The predicted molar refractivity (Wildman–Crippen MR) is 115 cm³/mol. The second-order valence-corrected chi connectivity index (χ2v) is 6.80. The van der Waals surface area contributed by atoms with Gasteiger partial charge in [-0.15, -0.1) is 0 Å². The highest BCUT2D eigenvalue weighted by atomic mass is 16.5. The molecule has 2 aromatic carbocycles. The summed E-state index contributed by atoms with van der Waals surface area (Å²) in [5.74, 6) is -0.753. The maximum absolute atomic E-state index is 12.2. The Labute approximate surface area is 180 Å². The van der Waals surface area contributed by atoms with E-state index in [1.54, 1.807) is 53.4 Å². The number of hydrazone groups is 1. The number of nitrogens with zero attached hydrogens (tertiary/aromatic N) is 2.